The molecule has 0 spiro atoms. The zero-order chi connectivity index (χ0) is 15.6. The highest BCUT2D eigenvalue weighted by Gasteiger charge is 2.32. The topological polar surface area (TPSA) is 4.93 Å². The van der Waals surface area contributed by atoms with Crippen LogP contribution in [0.25, 0.3) is 16.5 Å². The summed E-state index contributed by atoms with van der Waals surface area (Å²) in [5.74, 6) is 0.430. The number of benzene rings is 1. The molecule has 1 heteroatoms. The third-order valence-corrected chi connectivity index (χ3v) is 5.23. The second-order valence-electron chi connectivity index (χ2n) is 7.61. The van der Waals surface area contributed by atoms with Gasteiger partial charge in [0.25, 0.3) is 0 Å². The maximum absolute atomic E-state index is 2.41. The van der Waals surface area contributed by atoms with Crippen molar-refractivity contribution < 1.29 is 0 Å². The predicted octanol–water partition coefficient (Wildman–Crippen LogP) is 5.47. The Morgan fingerprint density at radius 3 is 2.59 bits per heavy atom. The number of nitrogens with zero attached hydrogens (tertiary/aromatic N) is 1. The first-order chi connectivity index (χ1) is 10.4. The Kier molecular flexibility index (Phi) is 2.64. The molecule has 1 heterocycles. The molecule has 0 fully saturated rings. The van der Waals surface area contributed by atoms with E-state index in [0.29, 0.717) is 5.92 Å². The van der Waals surface area contributed by atoms with Crippen LogP contribution in [-0.4, -0.2) is 4.57 Å². The molecule has 0 saturated heterocycles. The summed E-state index contributed by atoms with van der Waals surface area (Å²) in [5.41, 5.74) is 8.74. The van der Waals surface area contributed by atoms with Crippen LogP contribution in [0.15, 0.2) is 48.1 Å². The van der Waals surface area contributed by atoms with E-state index in [2.05, 4.69) is 81.8 Å². The molecule has 0 aliphatic heterocycles. The Bertz CT molecular complexity index is 879. The van der Waals surface area contributed by atoms with Crippen molar-refractivity contribution in [1.29, 1.82) is 0 Å². The summed E-state index contributed by atoms with van der Waals surface area (Å²) in [6.45, 7) is 9.13. The van der Waals surface area contributed by atoms with Gasteiger partial charge in [-0.15, -0.1) is 0 Å². The van der Waals surface area contributed by atoms with Gasteiger partial charge in [0.1, 0.15) is 0 Å². The number of allylic oxidation sites excluding steroid dienone is 6. The van der Waals surface area contributed by atoms with Crippen molar-refractivity contribution >= 4 is 16.5 Å². The molecule has 22 heavy (non-hydrogen) atoms. The minimum atomic E-state index is 0.184. The molecule has 112 valence electrons. The first kappa shape index (κ1) is 13.6. The van der Waals surface area contributed by atoms with Crippen molar-refractivity contribution in [2.75, 3.05) is 0 Å². The van der Waals surface area contributed by atoms with Gasteiger partial charge in [-0.1, -0.05) is 51.1 Å². The zero-order valence-electron chi connectivity index (χ0n) is 14.1. The molecular weight excluding hydrogens is 266 g/mol. The van der Waals surface area contributed by atoms with E-state index in [1.165, 1.54) is 38.9 Å². The van der Waals surface area contributed by atoms with Crippen LogP contribution in [0.2, 0.25) is 0 Å². The number of hydrogen-bond acceptors (Lipinski definition) is 0. The molecule has 0 amide bonds. The van der Waals surface area contributed by atoms with Crippen LogP contribution in [0, 0.1) is 0 Å². The minimum absolute atomic E-state index is 0.184. The zero-order valence-corrected chi connectivity index (χ0v) is 14.1. The molecule has 0 saturated carbocycles. The second-order valence-corrected chi connectivity index (χ2v) is 7.61. The van der Waals surface area contributed by atoms with Gasteiger partial charge < -0.3 is 4.57 Å². The van der Waals surface area contributed by atoms with Crippen LogP contribution in [0.3, 0.4) is 0 Å². The lowest BCUT2D eigenvalue weighted by molar-refractivity contribution is 0.591. The maximum atomic E-state index is 2.41. The molecule has 4 rings (SSSR count). The van der Waals surface area contributed by atoms with Crippen molar-refractivity contribution in [2.45, 2.75) is 39.0 Å². The van der Waals surface area contributed by atoms with E-state index in [9.17, 15) is 0 Å². The van der Waals surface area contributed by atoms with Crippen LogP contribution < -0.4 is 0 Å². The van der Waals surface area contributed by atoms with Crippen molar-refractivity contribution in [1.82, 2.24) is 4.57 Å². The van der Waals surface area contributed by atoms with Gasteiger partial charge in [-0.25, -0.2) is 0 Å². The largest absolute Gasteiger partial charge is 0.344 e. The third-order valence-electron chi connectivity index (χ3n) is 5.23. The predicted molar refractivity (Wildman–Crippen MR) is 95.2 cm³/mol. The Hall–Kier alpha value is -2.02. The second kappa shape index (κ2) is 4.25. The molecule has 1 nitrogen and oxygen atoms in total. The van der Waals surface area contributed by atoms with Crippen molar-refractivity contribution in [3.05, 3.63) is 64.9 Å². The van der Waals surface area contributed by atoms with Crippen molar-refractivity contribution in [3.8, 4) is 0 Å². The molecule has 2 aromatic rings. The van der Waals surface area contributed by atoms with Crippen LogP contribution in [0.5, 0.6) is 0 Å². The summed E-state index contributed by atoms with van der Waals surface area (Å²) >= 11 is 0. The van der Waals surface area contributed by atoms with Gasteiger partial charge in [0.2, 0.25) is 0 Å². The molecule has 0 bridgehead atoms. The highest BCUT2D eigenvalue weighted by Crippen LogP contribution is 2.49. The Morgan fingerprint density at radius 1 is 1.09 bits per heavy atom. The van der Waals surface area contributed by atoms with Gasteiger partial charge in [-0.05, 0) is 46.7 Å². The monoisotopic (exact) mass is 289 g/mol. The van der Waals surface area contributed by atoms with Gasteiger partial charge in [0.05, 0.1) is 0 Å². The summed E-state index contributed by atoms with van der Waals surface area (Å²) in [7, 11) is 2.20. The van der Waals surface area contributed by atoms with E-state index >= 15 is 0 Å². The molecule has 0 radical (unpaired) electrons. The van der Waals surface area contributed by atoms with Gasteiger partial charge in [0.15, 0.2) is 0 Å². The SMILES string of the molecule is CC1=C2C=CC=CC2c2c1n(C)c1ccc(C(C)(C)C)cc21. The fourth-order valence-electron chi connectivity index (χ4n) is 4.00. The van der Waals surface area contributed by atoms with Gasteiger partial charge in [-0.3, -0.25) is 0 Å². The van der Waals surface area contributed by atoms with Crippen LogP contribution >= 0.6 is 0 Å². The highest BCUT2D eigenvalue weighted by atomic mass is 15.0. The van der Waals surface area contributed by atoms with Gasteiger partial charge >= 0.3 is 0 Å². The molecule has 1 aromatic heterocycles. The van der Waals surface area contributed by atoms with E-state index in [1.807, 2.05) is 0 Å². The first-order valence-corrected chi connectivity index (χ1v) is 8.08. The first-order valence-electron chi connectivity index (χ1n) is 8.08. The van der Waals surface area contributed by atoms with E-state index in [-0.39, 0.29) is 5.41 Å². The quantitative estimate of drug-likeness (QED) is 0.606. The van der Waals surface area contributed by atoms with Gasteiger partial charge in [-0.2, -0.15) is 0 Å². The van der Waals surface area contributed by atoms with Crippen LogP contribution in [-0.2, 0) is 12.5 Å². The lowest BCUT2D eigenvalue weighted by Gasteiger charge is -2.20. The maximum Gasteiger partial charge on any atom is 0.0489 e. The summed E-state index contributed by atoms with van der Waals surface area (Å²) in [4.78, 5) is 0. The number of fused-ring (bicyclic) bond motifs is 5. The number of aryl methyl sites for hydroxylation is 1. The number of hydrogen-bond donors (Lipinski definition) is 0. The average molecular weight is 289 g/mol. The molecular formula is C21H23N. The standard InChI is InChI=1S/C21H23N/c1-13-15-8-6-7-9-16(15)19-17-12-14(21(2,3)4)10-11-18(17)22(5)20(13)19/h6-12,16H,1-5H3. The van der Waals surface area contributed by atoms with Crippen LogP contribution in [0.4, 0.5) is 0 Å². The van der Waals surface area contributed by atoms with E-state index in [4.69, 9.17) is 0 Å². The Balaban J connectivity index is 2.06. The number of aromatic nitrogens is 1. The highest BCUT2D eigenvalue weighted by molar-refractivity contribution is 5.96. The fourth-order valence-corrected chi connectivity index (χ4v) is 4.00. The summed E-state index contributed by atoms with van der Waals surface area (Å²) < 4.78 is 2.37. The molecule has 2 aliphatic carbocycles. The smallest absolute Gasteiger partial charge is 0.0489 e. The van der Waals surface area contributed by atoms with Crippen molar-refractivity contribution in [3.63, 3.8) is 0 Å². The normalized spacial score (nSPS) is 20.0. The molecule has 0 N–H and O–H groups in total. The average Bonchev–Trinajstić information content (AvgIpc) is 2.94. The molecule has 1 atom stereocenters. The molecule has 2 aliphatic rings. The van der Waals surface area contributed by atoms with E-state index < -0.39 is 0 Å². The fraction of sp³-hybridized carbons (Fsp3) is 0.333. The molecule has 1 aromatic carbocycles. The number of rotatable bonds is 0. The Morgan fingerprint density at radius 2 is 1.86 bits per heavy atom. The minimum Gasteiger partial charge on any atom is -0.344 e. The summed E-state index contributed by atoms with van der Waals surface area (Å²) in [6, 6.07) is 6.99. The molecule has 1 unspecified atom stereocenters. The lowest BCUT2D eigenvalue weighted by Crippen LogP contribution is -2.10. The summed E-state index contributed by atoms with van der Waals surface area (Å²) in [6.07, 6.45) is 8.96. The van der Waals surface area contributed by atoms with Crippen LogP contribution in [0.1, 0.15) is 50.4 Å². The Labute approximate surface area is 132 Å². The van der Waals surface area contributed by atoms with E-state index in [1.54, 1.807) is 0 Å². The van der Waals surface area contributed by atoms with Gasteiger partial charge in [0, 0.05) is 29.6 Å². The summed E-state index contributed by atoms with van der Waals surface area (Å²) in [5, 5.41) is 1.42. The third kappa shape index (κ3) is 1.65. The van der Waals surface area contributed by atoms with Crippen molar-refractivity contribution in [2.24, 2.45) is 7.05 Å². The lowest BCUT2D eigenvalue weighted by atomic mass is 9.85. The van der Waals surface area contributed by atoms with E-state index in [0.717, 1.165) is 0 Å².